The molecule has 22 heavy (non-hydrogen) atoms. The Morgan fingerprint density at radius 1 is 1.45 bits per heavy atom. The third kappa shape index (κ3) is 5.47. The lowest BCUT2D eigenvalue weighted by atomic mass is 10.00. The Kier molecular flexibility index (Phi) is 7.64. The molecule has 8 heteroatoms. The van der Waals surface area contributed by atoms with Crippen LogP contribution in [0.5, 0.6) is 0 Å². The van der Waals surface area contributed by atoms with Gasteiger partial charge in [-0.25, -0.2) is 0 Å². The van der Waals surface area contributed by atoms with E-state index in [0.29, 0.717) is 11.8 Å². The van der Waals surface area contributed by atoms with Gasteiger partial charge < -0.3 is 10.6 Å². The molecule has 1 aliphatic rings. The van der Waals surface area contributed by atoms with Crippen molar-refractivity contribution in [2.75, 3.05) is 12.3 Å². The summed E-state index contributed by atoms with van der Waals surface area (Å²) >= 11 is 1.38. The van der Waals surface area contributed by atoms with Gasteiger partial charge in [-0.2, -0.15) is 0 Å². The highest BCUT2D eigenvalue weighted by Gasteiger charge is 2.22. The van der Waals surface area contributed by atoms with Crippen molar-refractivity contribution in [3.63, 3.8) is 0 Å². The topological polar surface area (TPSA) is 84.3 Å². The van der Waals surface area contributed by atoms with E-state index in [9.17, 15) is 14.9 Å². The number of nitrogens with zero attached hydrogens (tertiary/aromatic N) is 1. The molecule has 1 saturated heterocycles. The number of amides is 1. The molecule has 0 saturated carbocycles. The summed E-state index contributed by atoms with van der Waals surface area (Å²) in [7, 11) is 0. The molecule has 1 fully saturated rings. The third-order valence-corrected chi connectivity index (χ3v) is 4.54. The van der Waals surface area contributed by atoms with Crippen LogP contribution < -0.4 is 10.6 Å². The summed E-state index contributed by atoms with van der Waals surface area (Å²) in [5.74, 6) is 0.319. The molecule has 122 valence electrons. The minimum absolute atomic E-state index is 0. The number of carbonyl (C=O) groups is 1. The van der Waals surface area contributed by atoms with E-state index in [1.54, 1.807) is 12.1 Å². The number of halogens is 1. The zero-order valence-electron chi connectivity index (χ0n) is 12.3. The lowest BCUT2D eigenvalue weighted by Crippen LogP contribution is -2.52. The first-order valence-corrected chi connectivity index (χ1v) is 7.95. The Hall–Kier alpha value is -1.31. The molecule has 6 nitrogen and oxygen atoms in total. The average molecular weight is 346 g/mol. The molecule has 1 aromatic carbocycles. The Labute approximate surface area is 140 Å². The van der Waals surface area contributed by atoms with E-state index >= 15 is 0 Å². The summed E-state index contributed by atoms with van der Waals surface area (Å²) in [6.45, 7) is 3.08. The van der Waals surface area contributed by atoms with Gasteiger partial charge >= 0.3 is 0 Å². The van der Waals surface area contributed by atoms with Crippen LogP contribution in [0.15, 0.2) is 29.2 Å². The number of rotatable bonds is 5. The number of hydrogen-bond donors (Lipinski definition) is 2. The Bertz CT molecular complexity index is 513. The highest BCUT2D eigenvalue weighted by atomic mass is 35.5. The third-order valence-electron chi connectivity index (χ3n) is 3.53. The van der Waals surface area contributed by atoms with Crippen molar-refractivity contribution in [1.82, 2.24) is 10.6 Å². The lowest BCUT2D eigenvalue weighted by molar-refractivity contribution is -0.384. The van der Waals surface area contributed by atoms with Gasteiger partial charge in [0.05, 0.1) is 10.7 Å². The maximum absolute atomic E-state index is 11.9. The van der Waals surface area contributed by atoms with Crippen molar-refractivity contribution in [3.8, 4) is 0 Å². The number of non-ortho nitro benzene ring substituents is 1. The zero-order valence-corrected chi connectivity index (χ0v) is 13.9. The van der Waals surface area contributed by atoms with Gasteiger partial charge in [0, 0.05) is 29.1 Å². The lowest BCUT2D eigenvalue weighted by Gasteiger charge is -2.30. The van der Waals surface area contributed by atoms with E-state index in [4.69, 9.17) is 0 Å². The summed E-state index contributed by atoms with van der Waals surface area (Å²) < 4.78 is 0. The molecular weight excluding hydrogens is 326 g/mol. The van der Waals surface area contributed by atoms with Crippen molar-refractivity contribution in [2.45, 2.75) is 36.7 Å². The maximum atomic E-state index is 11.9. The van der Waals surface area contributed by atoms with Crippen LogP contribution in [-0.2, 0) is 4.79 Å². The molecule has 1 aliphatic heterocycles. The molecule has 0 aromatic heterocycles. The van der Waals surface area contributed by atoms with Gasteiger partial charge in [0.1, 0.15) is 0 Å². The molecule has 0 aliphatic carbocycles. The smallest absolute Gasteiger partial charge is 0.269 e. The molecule has 2 rings (SSSR count). The molecule has 1 aromatic rings. The quantitative estimate of drug-likeness (QED) is 0.486. The molecule has 1 heterocycles. The summed E-state index contributed by atoms with van der Waals surface area (Å²) in [5.41, 5.74) is 0.0610. The predicted octanol–water partition coefficient (Wildman–Crippen LogP) is 2.37. The monoisotopic (exact) mass is 345 g/mol. The number of thioether (sulfide) groups is 1. The van der Waals surface area contributed by atoms with Crippen LogP contribution in [0, 0.1) is 10.1 Å². The fourth-order valence-corrected chi connectivity index (χ4v) is 3.01. The fourth-order valence-electron chi connectivity index (χ4n) is 2.30. The van der Waals surface area contributed by atoms with Crippen LogP contribution in [0.4, 0.5) is 5.69 Å². The van der Waals surface area contributed by atoms with Crippen LogP contribution in [0.3, 0.4) is 0 Å². The largest absolute Gasteiger partial charge is 0.351 e. The van der Waals surface area contributed by atoms with E-state index in [2.05, 4.69) is 17.6 Å². The van der Waals surface area contributed by atoms with Crippen molar-refractivity contribution in [3.05, 3.63) is 34.4 Å². The van der Waals surface area contributed by atoms with E-state index in [1.807, 2.05) is 0 Å². The number of nitrogens with one attached hydrogen (secondary N) is 2. The van der Waals surface area contributed by atoms with Gasteiger partial charge in [-0.15, -0.1) is 24.2 Å². The van der Waals surface area contributed by atoms with Crippen LogP contribution in [0.2, 0.25) is 0 Å². The van der Waals surface area contributed by atoms with Crippen molar-refractivity contribution < 1.29 is 9.72 Å². The number of hydrogen-bond acceptors (Lipinski definition) is 5. The van der Waals surface area contributed by atoms with Gasteiger partial charge in [0.2, 0.25) is 5.91 Å². The van der Waals surface area contributed by atoms with Gasteiger partial charge in [-0.3, -0.25) is 14.9 Å². The average Bonchev–Trinajstić information content (AvgIpc) is 2.48. The van der Waals surface area contributed by atoms with Gasteiger partial charge in [-0.1, -0.05) is 0 Å². The summed E-state index contributed by atoms with van der Waals surface area (Å²) in [6.07, 6.45) is 2.08. The van der Waals surface area contributed by atoms with Crippen LogP contribution in [-0.4, -0.2) is 35.2 Å². The first-order chi connectivity index (χ1) is 10.1. The summed E-state index contributed by atoms with van der Waals surface area (Å²) in [4.78, 5) is 22.9. The van der Waals surface area contributed by atoms with E-state index in [0.717, 1.165) is 24.3 Å². The van der Waals surface area contributed by atoms with Crippen molar-refractivity contribution >= 4 is 35.8 Å². The maximum Gasteiger partial charge on any atom is 0.269 e. The number of piperidine rings is 1. The second kappa shape index (κ2) is 8.97. The molecular formula is C14H20ClN3O3S. The SMILES string of the molecule is CC1NCCCC1NC(=O)CSc1ccc([N+](=O)[O-])cc1.Cl. The molecule has 2 N–H and O–H groups in total. The molecule has 2 atom stereocenters. The second-order valence-corrected chi connectivity index (χ2v) is 6.15. The van der Waals surface area contributed by atoms with Crippen molar-refractivity contribution in [2.24, 2.45) is 0 Å². The number of nitro groups is 1. The minimum Gasteiger partial charge on any atom is -0.351 e. The van der Waals surface area contributed by atoms with E-state index in [1.165, 1.54) is 23.9 Å². The Morgan fingerprint density at radius 2 is 2.14 bits per heavy atom. The van der Waals surface area contributed by atoms with E-state index in [-0.39, 0.29) is 30.0 Å². The molecule has 0 bridgehead atoms. The Morgan fingerprint density at radius 3 is 2.73 bits per heavy atom. The van der Waals surface area contributed by atoms with E-state index < -0.39 is 4.92 Å². The number of carbonyl (C=O) groups excluding carboxylic acids is 1. The molecule has 0 radical (unpaired) electrons. The highest BCUT2D eigenvalue weighted by Crippen LogP contribution is 2.21. The first kappa shape index (κ1) is 18.7. The molecule has 2 unspecified atom stereocenters. The Balaban J connectivity index is 0.00000242. The van der Waals surface area contributed by atoms with Gasteiger partial charge in [-0.05, 0) is 38.4 Å². The fraction of sp³-hybridized carbons (Fsp3) is 0.500. The molecule has 0 spiro atoms. The van der Waals surface area contributed by atoms with Gasteiger partial charge in [0.25, 0.3) is 5.69 Å². The summed E-state index contributed by atoms with van der Waals surface area (Å²) in [6, 6.07) is 6.72. The predicted molar refractivity (Wildman–Crippen MR) is 89.7 cm³/mol. The number of nitro benzene ring substituents is 1. The highest BCUT2D eigenvalue weighted by molar-refractivity contribution is 8.00. The number of benzene rings is 1. The van der Waals surface area contributed by atoms with Crippen molar-refractivity contribution in [1.29, 1.82) is 0 Å². The van der Waals surface area contributed by atoms with Crippen LogP contribution in [0.25, 0.3) is 0 Å². The van der Waals surface area contributed by atoms with Gasteiger partial charge in [0.15, 0.2) is 0 Å². The molecule has 1 amide bonds. The first-order valence-electron chi connectivity index (χ1n) is 6.96. The minimum atomic E-state index is -0.432. The standard InChI is InChI=1S/C14H19N3O3S.ClH/c1-10-13(3-2-8-15-10)16-14(18)9-21-12-6-4-11(5-7-12)17(19)20;/h4-7,10,13,15H,2-3,8-9H2,1H3,(H,16,18);1H. The zero-order chi connectivity index (χ0) is 15.2. The van der Waals surface area contributed by atoms with Crippen LogP contribution in [0.1, 0.15) is 19.8 Å². The summed E-state index contributed by atoms with van der Waals surface area (Å²) in [5, 5.41) is 16.9. The second-order valence-electron chi connectivity index (χ2n) is 5.10. The van der Waals surface area contributed by atoms with Crippen LogP contribution >= 0.6 is 24.2 Å². The normalized spacial score (nSPS) is 20.8.